The van der Waals surface area contributed by atoms with Crippen molar-refractivity contribution < 1.29 is 19.1 Å². The van der Waals surface area contributed by atoms with Crippen molar-refractivity contribution >= 4 is 51.7 Å². The SMILES string of the molecule is C=C(OCC)c1c(C)c2cnc(Nc3ccc(N4CCC(C5CCN(c6ccc(C7CCC(=O)N(Cc8ccc(OC)cc8)C7=O)cc6)CC5)CC4)cn3)nc2n(C2CCCC2)c1=O. The van der Waals surface area contributed by atoms with Crippen molar-refractivity contribution in [1.29, 1.82) is 0 Å². The zero-order valence-electron chi connectivity index (χ0n) is 37.4. The molecule has 0 bridgehead atoms. The highest BCUT2D eigenvalue weighted by Crippen LogP contribution is 2.37. The lowest BCUT2D eigenvalue weighted by molar-refractivity contribution is -0.150. The number of rotatable bonds is 13. The molecule has 2 aromatic carbocycles. The highest BCUT2D eigenvalue weighted by atomic mass is 16.5. The maximum absolute atomic E-state index is 14.0. The Morgan fingerprint density at radius 2 is 1.45 bits per heavy atom. The largest absolute Gasteiger partial charge is 0.497 e. The Kier molecular flexibility index (Phi) is 12.7. The molecular weight excluding hydrogens is 805 g/mol. The third kappa shape index (κ3) is 8.81. The molecule has 1 N–H and O–H groups in total. The van der Waals surface area contributed by atoms with Crippen LogP contribution in [0, 0.1) is 18.8 Å². The van der Waals surface area contributed by atoms with Gasteiger partial charge >= 0.3 is 0 Å². The van der Waals surface area contributed by atoms with Gasteiger partial charge in [0.25, 0.3) is 5.56 Å². The molecule has 3 aliphatic heterocycles. The predicted molar refractivity (Wildman–Crippen MR) is 251 cm³/mol. The maximum atomic E-state index is 14.0. The second-order valence-corrected chi connectivity index (χ2v) is 17.9. The van der Waals surface area contributed by atoms with E-state index < -0.39 is 0 Å². The van der Waals surface area contributed by atoms with Gasteiger partial charge in [-0.2, -0.15) is 4.98 Å². The number of fused-ring (bicyclic) bond motifs is 1. The van der Waals surface area contributed by atoms with Crippen molar-refractivity contribution in [2.75, 3.05) is 55.0 Å². The molecule has 4 fully saturated rings. The van der Waals surface area contributed by atoms with Gasteiger partial charge in [-0.05, 0) is 124 Å². The van der Waals surface area contributed by atoms with Crippen LogP contribution in [0.25, 0.3) is 16.8 Å². The molecule has 2 amide bonds. The Morgan fingerprint density at radius 3 is 2.08 bits per heavy atom. The van der Waals surface area contributed by atoms with Crippen LogP contribution < -0.4 is 25.4 Å². The number of imide groups is 1. The second-order valence-electron chi connectivity index (χ2n) is 17.9. The molecule has 5 aromatic rings. The molecule has 1 saturated carbocycles. The van der Waals surface area contributed by atoms with Crippen molar-refractivity contribution in [3.05, 3.63) is 112 Å². The van der Waals surface area contributed by atoms with Gasteiger partial charge in [-0.15, -0.1) is 0 Å². The van der Waals surface area contributed by atoms with E-state index in [-0.39, 0.29) is 35.9 Å². The van der Waals surface area contributed by atoms with Crippen molar-refractivity contribution in [1.82, 2.24) is 24.4 Å². The number of hydrogen-bond acceptors (Lipinski definition) is 11. The fourth-order valence-electron chi connectivity index (χ4n) is 10.6. The first kappa shape index (κ1) is 43.0. The number of methoxy groups -OCH3 is 1. The summed E-state index contributed by atoms with van der Waals surface area (Å²) < 4.78 is 12.8. The number of ether oxygens (including phenoxy) is 2. The molecule has 0 radical (unpaired) electrons. The lowest BCUT2D eigenvalue weighted by Gasteiger charge is -2.41. The van der Waals surface area contributed by atoms with E-state index in [9.17, 15) is 14.4 Å². The molecule has 1 unspecified atom stereocenters. The van der Waals surface area contributed by atoms with E-state index in [1.54, 1.807) is 13.3 Å². The van der Waals surface area contributed by atoms with Crippen LogP contribution in [-0.2, 0) is 20.9 Å². The number of anilines is 4. The van der Waals surface area contributed by atoms with Gasteiger partial charge in [-0.3, -0.25) is 23.9 Å². The normalized spacial score (nSPS) is 19.1. The zero-order chi connectivity index (χ0) is 44.3. The summed E-state index contributed by atoms with van der Waals surface area (Å²) in [6.07, 6.45) is 13.4. The molecule has 13 nitrogen and oxygen atoms in total. The molecule has 3 saturated heterocycles. The lowest BCUT2D eigenvalue weighted by Crippen LogP contribution is -2.43. The monoisotopic (exact) mass is 864 g/mol. The van der Waals surface area contributed by atoms with Crippen molar-refractivity contribution in [3.8, 4) is 5.75 Å². The van der Waals surface area contributed by atoms with Crippen LogP contribution >= 0.6 is 0 Å². The van der Waals surface area contributed by atoms with Crippen LogP contribution in [-0.4, -0.2) is 76.1 Å². The topological polar surface area (TPSA) is 135 Å². The summed E-state index contributed by atoms with van der Waals surface area (Å²) in [5.41, 5.74) is 5.99. The van der Waals surface area contributed by atoms with Crippen molar-refractivity contribution in [3.63, 3.8) is 0 Å². The third-order valence-corrected chi connectivity index (χ3v) is 14.3. The zero-order valence-corrected chi connectivity index (χ0v) is 37.4. The van der Waals surface area contributed by atoms with Crippen LogP contribution in [0.15, 0.2) is 84.4 Å². The summed E-state index contributed by atoms with van der Waals surface area (Å²) in [4.78, 5) is 61.0. The number of piperidine rings is 3. The van der Waals surface area contributed by atoms with Crippen molar-refractivity contribution in [2.24, 2.45) is 11.8 Å². The van der Waals surface area contributed by atoms with E-state index >= 15 is 0 Å². The molecule has 64 heavy (non-hydrogen) atoms. The summed E-state index contributed by atoms with van der Waals surface area (Å²) in [6, 6.07) is 20.2. The van der Waals surface area contributed by atoms with Crippen LogP contribution in [0.3, 0.4) is 0 Å². The molecule has 0 spiro atoms. The summed E-state index contributed by atoms with van der Waals surface area (Å²) in [5, 5.41) is 4.12. The van der Waals surface area contributed by atoms with Gasteiger partial charge in [-0.25, -0.2) is 9.97 Å². The Hall–Kier alpha value is -6.24. The minimum Gasteiger partial charge on any atom is -0.497 e. The average Bonchev–Trinajstić information content (AvgIpc) is 3.86. The highest BCUT2D eigenvalue weighted by Gasteiger charge is 2.36. The van der Waals surface area contributed by atoms with Gasteiger partial charge in [-0.1, -0.05) is 43.7 Å². The summed E-state index contributed by atoms with van der Waals surface area (Å²) in [6.45, 7) is 12.7. The van der Waals surface area contributed by atoms with Crippen LogP contribution in [0.5, 0.6) is 5.75 Å². The van der Waals surface area contributed by atoms with Gasteiger partial charge in [0.2, 0.25) is 17.8 Å². The van der Waals surface area contributed by atoms with E-state index in [0.717, 1.165) is 85.4 Å². The van der Waals surface area contributed by atoms with Gasteiger partial charge < -0.3 is 24.6 Å². The molecule has 9 rings (SSSR count). The molecule has 334 valence electrons. The third-order valence-electron chi connectivity index (χ3n) is 14.3. The van der Waals surface area contributed by atoms with Crippen molar-refractivity contribution in [2.45, 2.75) is 96.6 Å². The average molecular weight is 865 g/mol. The lowest BCUT2D eigenvalue weighted by atomic mass is 9.78. The molecule has 3 aromatic heterocycles. The number of benzene rings is 2. The molecule has 1 aliphatic carbocycles. The molecule has 4 aliphatic rings. The standard InChI is InChI=1S/C51H60N8O5/c1-5-64-34(3)47-33(2)44-31-53-51(55-48(44)59(50(47)62)40-8-6-7-9-40)54-45-20-16-41(30-52-45)57-28-24-37(25-29-57)36-22-26-56(27-23-36)39-14-12-38(13-15-39)43-19-21-46(60)58(49(43)61)32-35-10-17-42(63-4)18-11-35/h10-18,20,30-31,36-37,40,43H,3,5-9,19,21-29,32H2,1-2,4H3,(H,52,53,54,55). The Labute approximate surface area is 375 Å². The Balaban J connectivity index is 0.770. The molecule has 1 atom stereocenters. The quantitative estimate of drug-likeness (QED) is 0.0898. The summed E-state index contributed by atoms with van der Waals surface area (Å²) in [5.74, 6) is 3.07. The van der Waals surface area contributed by atoms with Gasteiger partial charge in [0.05, 0.1) is 43.6 Å². The fourth-order valence-corrected chi connectivity index (χ4v) is 10.6. The molecule has 13 heteroatoms. The first-order valence-electron chi connectivity index (χ1n) is 23.2. The van der Waals surface area contributed by atoms with E-state index in [1.165, 1.54) is 36.3 Å². The predicted octanol–water partition coefficient (Wildman–Crippen LogP) is 8.94. The number of likely N-dealkylation sites (tertiary alicyclic amines) is 1. The minimum atomic E-state index is -0.312. The highest BCUT2D eigenvalue weighted by molar-refractivity contribution is 6.01. The summed E-state index contributed by atoms with van der Waals surface area (Å²) in [7, 11) is 1.62. The minimum absolute atomic E-state index is 0.0759. The van der Waals surface area contributed by atoms with Gasteiger partial charge in [0, 0.05) is 55.9 Å². The number of nitrogens with one attached hydrogen (secondary N) is 1. The number of hydrogen-bond donors (Lipinski definition) is 1. The fraction of sp³-hybridized carbons (Fsp3) is 0.451. The van der Waals surface area contributed by atoms with Crippen LogP contribution in [0.1, 0.15) is 105 Å². The number of amides is 2. The number of pyridine rings is 2. The first-order chi connectivity index (χ1) is 31.2. The van der Waals surface area contributed by atoms with E-state index in [0.29, 0.717) is 60.0 Å². The smallest absolute Gasteiger partial charge is 0.263 e. The van der Waals surface area contributed by atoms with Crippen LogP contribution in [0.2, 0.25) is 0 Å². The second kappa shape index (κ2) is 18.8. The summed E-state index contributed by atoms with van der Waals surface area (Å²) >= 11 is 0. The first-order valence-corrected chi connectivity index (χ1v) is 23.2. The van der Waals surface area contributed by atoms with Gasteiger partial charge in [0.15, 0.2) is 0 Å². The van der Waals surface area contributed by atoms with E-state index in [2.05, 4.69) is 57.0 Å². The van der Waals surface area contributed by atoms with Crippen LogP contribution in [0.4, 0.5) is 23.1 Å². The van der Waals surface area contributed by atoms with Gasteiger partial charge in [0.1, 0.15) is 23.0 Å². The number of nitrogens with zero attached hydrogens (tertiary/aromatic N) is 7. The molecular formula is C51H60N8O5. The number of aromatic nitrogens is 4. The molecule has 6 heterocycles. The Bertz CT molecular complexity index is 2540. The number of aryl methyl sites for hydroxylation is 1. The number of carbonyl (C=O) groups is 2. The van der Waals surface area contributed by atoms with E-state index in [1.807, 2.05) is 54.9 Å². The maximum Gasteiger partial charge on any atom is 0.263 e. The van der Waals surface area contributed by atoms with E-state index in [4.69, 9.17) is 19.4 Å². The Morgan fingerprint density at radius 1 is 0.797 bits per heavy atom. The number of carbonyl (C=O) groups excluding carboxylic acids is 2.